The van der Waals surface area contributed by atoms with Gasteiger partial charge in [0.1, 0.15) is 4.90 Å². The van der Waals surface area contributed by atoms with Gasteiger partial charge in [-0.1, -0.05) is 23.7 Å². The number of carbonyl (C=O) groups excluding carboxylic acids is 2. The molecule has 26 heavy (non-hydrogen) atoms. The standard InChI is InChI=1S/C18H10ClNO4S2/c19-11-5-7-12(8-6-11)26(23,24)16-10-25-9-15(16)20-17(21)13-3-1-2-4-14(13)18(20)22/h1-10H. The molecule has 0 saturated carbocycles. The predicted molar refractivity (Wildman–Crippen MR) is 98.8 cm³/mol. The number of fused-ring (bicyclic) bond motifs is 1. The number of halogens is 1. The normalized spacial score (nSPS) is 14.0. The fourth-order valence-electron chi connectivity index (χ4n) is 2.79. The highest BCUT2D eigenvalue weighted by Crippen LogP contribution is 2.37. The van der Waals surface area contributed by atoms with Crippen LogP contribution in [0.25, 0.3) is 0 Å². The van der Waals surface area contributed by atoms with E-state index >= 15 is 0 Å². The lowest BCUT2D eigenvalue weighted by atomic mass is 10.1. The summed E-state index contributed by atoms with van der Waals surface area (Å²) in [6.45, 7) is 0. The maximum Gasteiger partial charge on any atom is 0.266 e. The molecule has 2 heterocycles. The molecule has 4 rings (SSSR count). The zero-order valence-electron chi connectivity index (χ0n) is 13.0. The SMILES string of the molecule is O=C1c2ccccc2C(=O)N1c1cscc1S(=O)(=O)c1ccc(Cl)cc1. The molecule has 3 aromatic rings. The quantitative estimate of drug-likeness (QED) is 0.619. The molecule has 0 saturated heterocycles. The number of thiophene rings is 1. The van der Waals surface area contributed by atoms with Crippen LogP contribution in [-0.4, -0.2) is 20.2 Å². The molecule has 0 bridgehead atoms. The monoisotopic (exact) mass is 403 g/mol. The Labute approximate surface area is 158 Å². The number of hydrogen-bond donors (Lipinski definition) is 0. The van der Waals surface area contributed by atoms with Crippen LogP contribution in [0.2, 0.25) is 5.02 Å². The van der Waals surface area contributed by atoms with Crippen molar-refractivity contribution in [2.24, 2.45) is 0 Å². The lowest BCUT2D eigenvalue weighted by Crippen LogP contribution is -2.30. The summed E-state index contributed by atoms with van der Waals surface area (Å²) in [5.74, 6) is -1.06. The Morgan fingerprint density at radius 2 is 1.42 bits per heavy atom. The lowest BCUT2D eigenvalue weighted by molar-refractivity contribution is 0.0925. The second kappa shape index (κ2) is 6.05. The van der Waals surface area contributed by atoms with Crippen molar-refractivity contribution in [1.29, 1.82) is 0 Å². The van der Waals surface area contributed by atoms with Gasteiger partial charge in [0.25, 0.3) is 11.8 Å². The fourth-order valence-corrected chi connectivity index (χ4v) is 5.51. The Balaban J connectivity index is 1.83. The molecule has 1 aliphatic rings. The lowest BCUT2D eigenvalue weighted by Gasteiger charge is -2.15. The molecule has 0 fully saturated rings. The third-order valence-corrected chi connectivity index (χ3v) is 6.99. The molecule has 0 N–H and O–H groups in total. The van der Waals surface area contributed by atoms with Crippen molar-refractivity contribution < 1.29 is 18.0 Å². The van der Waals surface area contributed by atoms with E-state index in [9.17, 15) is 18.0 Å². The van der Waals surface area contributed by atoms with Crippen molar-refractivity contribution in [3.63, 3.8) is 0 Å². The molecule has 0 radical (unpaired) electrons. The Morgan fingerprint density at radius 1 is 0.846 bits per heavy atom. The number of hydrogen-bond acceptors (Lipinski definition) is 5. The van der Waals surface area contributed by atoms with E-state index < -0.39 is 21.7 Å². The summed E-state index contributed by atoms with van der Waals surface area (Å²) in [5.41, 5.74) is 0.591. The van der Waals surface area contributed by atoms with Crippen molar-refractivity contribution in [2.75, 3.05) is 4.90 Å². The van der Waals surface area contributed by atoms with Crippen molar-refractivity contribution in [3.05, 3.63) is 75.4 Å². The van der Waals surface area contributed by atoms with Gasteiger partial charge in [-0.3, -0.25) is 9.59 Å². The first kappa shape index (κ1) is 17.0. The average molecular weight is 404 g/mol. The molecular formula is C18H10ClNO4S2. The molecule has 130 valence electrons. The van der Waals surface area contributed by atoms with Gasteiger partial charge in [0.05, 0.1) is 21.7 Å². The number of amides is 2. The van der Waals surface area contributed by atoms with Crippen molar-refractivity contribution in [2.45, 2.75) is 9.79 Å². The molecule has 2 amide bonds. The van der Waals surface area contributed by atoms with Crippen LogP contribution in [0.3, 0.4) is 0 Å². The average Bonchev–Trinajstić information content (AvgIpc) is 3.20. The second-order valence-electron chi connectivity index (χ2n) is 5.57. The van der Waals surface area contributed by atoms with Gasteiger partial charge in [0.15, 0.2) is 0 Å². The molecule has 1 aliphatic heterocycles. The van der Waals surface area contributed by atoms with E-state index in [-0.39, 0.29) is 26.6 Å². The molecule has 0 spiro atoms. The van der Waals surface area contributed by atoms with Crippen LogP contribution in [0.1, 0.15) is 20.7 Å². The Kier molecular flexibility index (Phi) is 3.95. The molecule has 5 nitrogen and oxygen atoms in total. The summed E-state index contributed by atoms with van der Waals surface area (Å²) >= 11 is 6.93. The van der Waals surface area contributed by atoms with Crippen LogP contribution in [-0.2, 0) is 9.84 Å². The zero-order chi connectivity index (χ0) is 18.5. The molecule has 0 aliphatic carbocycles. The number of anilines is 1. The zero-order valence-corrected chi connectivity index (χ0v) is 15.4. The minimum Gasteiger partial charge on any atom is -0.268 e. The number of benzene rings is 2. The van der Waals surface area contributed by atoms with Crippen LogP contribution in [0.15, 0.2) is 69.1 Å². The van der Waals surface area contributed by atoms with Crippen LogP contribution in [0.4, 0.5) is 5.69 Å². The maximum atomic E-state index is 13.0. The molecule has 0 atom stereocenters. The van der Waals surface area contributed by atoms with E-state index in [1.165, 1.54) is 35.0 Å². The minimum atomic E-state index is -3.91. The summed E-state index contributed by atoms with van der Waals surface area (Å²) < 4.78 is 26.0. The first-order valence-corrected chi connectivity index (χ1v) is 10.3. The summed E-state index contributed by atoms with van der Waals surface area (Å²) in [7, 11) is -3.91. The molecular weight excluding hydrogens is 394 g/mol. The maximum absolute atomic E-state index is 13.0. The third kappa shape index (κ3) is 2.47. The van der Waals surface area contributed by atoms with Crippen LogP contribution >= 0.6 is 22.9 Å². The Hall–Kier alpha value is -2.48. The summed E-state index contributed by atoms with van der Waals surface area (Å²) in [6.07, 6.45) is 0. The van der Waals surface area contributed by atoms with E-state index in [2.05, 4.69) is 0 Å². The molecule has 0 unspecified atom stereocenters. The van der Waals surface area contributed by atoms with Crippen LogP contribution in [0, 0.1) is 0 Å². The minimum absolute atomic E-state index is 0.0400. The van der Waals surface area contributed by atoms with E-state index in [4.69, 9.17) is 11.6 Å². The van der Waals surface area contributed by atoms with E-state index in [0.29, 0.717) is 5.02 Å². The topological polar surface area (TPSA) is 71.5 Å². The van der Waals surface area contributed by atoms with Gasteiger partial charge < -0.3 is 0 Å². The molecule has 1 aromatic heterocycles. The smallest absolute Gasteiger partial charge is 0.266 e. The summed E-state index contributed by atoms with van der Waals surface area (Å²) in [4.78, 5) is 26.2. The van der Waals surface area contributed by atoms with E-state index in [1.54, 1.807) is 24.3 Å². The number of carbonyl (C=O) groups is 2. The Bertz CT molecular complexity index is 1110. The van der Waals surface area contributed by atoms with Gasteiger partial charge in [0.2, 0.25) is 9.84 Å². The fraction of sp³-hybridized carbons (Fsp3) is 0. The number of sulfone groups is 1. The number of imide groups is 1. The summed E-state index contributed by atoms with van der Waals surface area (Å²) in [6, 6.07) is 12.2. The molecule has 8 heteroatoms. The van der Waals surface area contributed by atoms with Gasteiger partial charge in [-0.25, -0.2) is 13.3 Å². The number of nitrogens with zero attached hydrogens (tertiary/aromatic N) is 1. The predicted octanol–water partition coefficient (Wildman–Crippen LogP) is 4.03. The van der Waals surface area contributed by atoms with Crippen molar-refractivity contribution >= 4 is 50.3 Å². The third-order valence-electron chi connectivity index (χ3n) is 4.06. The van der Waals surface area contributed by atoms with Crippen LogP contribution in [0.5, 0.6) is 0 Å². The highest BCUT2D eigenvalue weighted by molar-refractivity contribution is 7.91. The molecule has 2 aromatic carbocycles. The largest absolute Gasteiger partial charge is 0.268 e. The van der Waals surface area contributed by atoms with Gasteiger partial charge >= 0.3 is 0 Å². The van der Waals surface area contributed by atoms with Gasteiger partial charge in [-0.2, -0.15) is 0 Å². The van der Waals surface area contributed by atoms with Gasteiger partial charge in [-0.15, -0.1) is 11.3 Å². The highest BCUT2D eigenvalue weighted by Gasteiger charge is 2.39. The number of rotatable bonds is 3. The van der Waals surface area contributed by atoms with Gasteiger partial charge in [0, 0.05) is 15.8 Å². The van der Waals surface area contributed by atoms with E-state index in [0.717, 1.165) is 16.2 Å². The van der Waals surface area contributed by atoms with E-state index in [1.807, 2.05) is 0 Å². The van der Waals surface area contributed by atoms with Gasteiger partial charge in [-0.05, 0) is 36.4 Å². The summed E-state index contributed by atoms with van der Waals surface area (Å²) in [5, 5.41) is 3.32. The second-order valence-corrected chi connectivity index (χ2v) is 8.67. The Morgan fingerprint density at radius 3 is 2.00 bits per heavy atom. The van der Waals surface area contributed by atoms with Crippen LogP contribution < -0.4 is 4.90 Å². The van der Waals surface area contributed by atoms with Crippen molar-refractivity contribution in [1.82, 2.24) is 0 Å². The first-order valence-electron chi connectivity index (χ1n) is 7.46. The highest BCUT2D eigenvalue weighted by atomic mass is 35.5. The van der Waals surface area contributed by atoms with Crippen molar-refractivity contribution in [3.8, 4) is 0 Å². The first-order chi connectivity index (χ1) is 12.4.